The largest absolute Gasteiger partial charge is 0.394 e. The monoisotopic (exact) mass is 246 g/mol. The summed E-state index contributed by atoms with van der Waals surface area (Å²) in [6.07, 6.45) is -0.0837. The molecule has 1 N–H and O–H groups in total. The third-order valence-electron chi connectivity index (χ3n) is 3.31. The van der Waals surface area contributed by atoms with E-state index in [9.17, 15) is 0 Å². The number of hydrogen-bond donors (Lipinski definition) is 1. The molecule has 1 fully saturated rings. The van der Waals surface area contributed by atoms with Gasteiger partial charge in [-0.1, -0.05) is 12.1 Å². The van der Waals surface area contributed by atoms with Gasteiger partial charge in [0.05, 0.1) is 31.0 Å². The van der Waals surface area contributed by atoms with Crippen LogP contribution in [0.3, 0.4) is 0 Å². The van der Waals surface area contributed by atoms with E-state index in [0.717, 1.165) is 13.1 Å². The van der Waals surface area contributed by atoms with Crippen LogP contribution in [0, 0.1) is 11.3 Å². The number of aliphatic hydroxyl groups is 1. The third-order valence-corrected chi connectivity index (χ3v) is 3.31. The number of ether oxygens (including phenoxy) is 1. The van der Waals surface area contributed by atoms with Crippen LogP contribution in [0.15, 0.2) is 24.3 Å². The zero-order chi connectivity index (χ0) is 13.0. The summed E-state index contributed by atoms with van der Waals surface area (Å²) < 4.78 is 5.51. The molecule has 1 saturated heterocycles. The molecular weight excluding hydrogens is 228 g/mol. The first-order valence-corrected chi connectivity index (χ1v) is 6.18. The van der Waals surface area contributed by atoms with Crippen LogP contribution in [0.1, 0.15) is 18.1 Å². The Hall–Kier alpha value is -1.41. The maximum Gasteiger partial charge on any atom is 0.0991 e. The molecule has 0 radical (unpaired) electrons. The molecule has 0 aliphatic carbocycles. The van der Waals surface area contributed by atoms with E-state index in [4.69, 9.17) is 15.1 Å². The van der Waals surface area contributed by atoms with E-state index in [0.29, 0.717) is 18.2 Å². The minimum Gasteiger partial charge on any atom is -0.394 e. The summed E-state index contributed by atoms with van der Waals surface area (Å²) >= 11 is 0. The third kappa shape index (κ3) is 3.08. The molecular formula is C14H18N2O2. The van der Waals surface area contributed by atoms with Crippen molar-refractivity contribution in [1.29, 1.82) is 5.26 Å². The van der Waals surface area contributed by atoms with E-state index in [1.807, 2.05) is 24.3 Å². The normalized spacial score (nSPS) is 24.7. The summed E-state index contributed by atoms with van der Waals surface area (Å²) in [7, 11) is 0. The van der Waals surface area contributed by atoms with Crippen molar-refractivity contribution in [2.45, 2.75) is 25.6 Å². The Morgan fingerprint density at radius 3 is 2.78 bits per heavy atom. The van der Waals surface area contributed by atoms with Crippen LogP contribution >= 0.6 is 0 Å². The Labute approximate surface area is 107 Å². The highest BCUT2D eigenvalue weighted by atomic mass is 16.5. The van der Waals surface area contributed by atoms with Gasteiger partial charge in [0.25, 0.3) is 0 Å². The Morgan fingerprint density at radius 2 is 2.17 bits per heavy atom. The van der Waals surface area contributed by atoms with E-state index < -0.39 is 0 Å². The van der Waals surface area contributed by atoms with Gasteiger partial charge in [-0.3, -0.25) is 4.90 Å². The van der Waals surface area contributed by atoms with Crippen LogP contribution in [-0.4, -0.2) is 41.9 Å². The van der Waals surface area contributed by atoms with Crippen LogP contribution in [-0.2, 0) is 11.3 Å². The second-order valence-corrected chi connectivity index (χ2v) is 4.73. The molecule has 1 aliphatic rings. The topological polar surface area (TPSA) is 56.5 Å². The summed E-state index contributed by atoms with van der Waals surface area (Å²) in [5.74, 6) is 0. The number of nitriles is 1. The summed E-state index contributed by atoms with van der Waals surface area (Å²) in [5.41, 5.74) is 1.86. The van der Waals surface area contributed by atoms with Gasteiger partial charge in [0, 0.05) is 19.1 Å². The van der Waals surface area contributed by atoms with Gasteiger partial charge >= 0.3 is 0 Å². The molecule has 4 heteroatoms. The van der Waals surface area contributed by atoms with Gasteiger partial charge in [0.15, 0.2) is 0 Å². The minimum absolute atomic E-state index is 0.0661. The molecule has 0 saturated carbocycles. The SMILES string of the molecule is CC1COC(CO)CN1Cc1ccc(C#N)cc1. The van der Waals surface area contributed by atoms with Crippen molar-refractivity contribution < 1.29 is 9.84 Å². The second-order valence-electron chi connectivity index (χ2n) is 4.73. The quantitative estimate of drug-likeness (QED) is 0.869. The highest BCUT2D eigenvalue weighted by Crippen LogP contribution is 2.15. The standard InChI is InChI=1S/C14H18N2O2/c1-11-10-18-14(9-17)8-16(11)7-13-4-2-12(6-15)3-5-13/h2-5,11,14,17H,7-10H2,1H3. The first-order chi connectivity index (χ1) is 8.72. The maximum atomic E-state index is 9.14. The molecule has 0 spiro atoms. The first kappa shape index (κ1) is 13.0. The number of benzene rings is 1. The molecule has 96 valence electrons. The summed E-state index contributed by atoms with van der Waals surface area (Å²) in [6.45, 7) is 4.42. The lowest BCUT2D eigenvalue weighted by molar-refractivity contribution is -0.0805. The molecule has 2 atom stereocenters. The van der Waals surface area contributed by atoms with Gasteiger partial charge < -0.3 is 9.84 Å². The highest BCUT2D eigenvalue weighted by molar-refractivity contribution is 5.31. The Balaban J connectivity index is 2.00. The lowest BCUT2D eigenvalue weighted by Gasteiger charge is -2.37. The average Bonchev–Trinajstić information content (AvgIpc) is 2.42. The number of rotatable bonds is 3. The average molecular weight is 246 g/mol. The predicted molar refractivity (Wildman–Crippen MR) is 67.9 cm³/mol. The lowest BCUT2D eigenvalue weighted by Crippen LogP contribution is -2.48. The van der Waals surface area contributed by atoms with Crippen molar-refractivity contribution >= 4 is 0 Å². The zero-order valence-electron chi connectivity index (χ0n) is 10.5. The van der Waals surface area contributed by atoms with Gasteiger partial charge in [-0.25, -0.2) is 0 Å². The predicted octanol–water partition coefficient (Wildman–Crippen LogP) is 1.14. The van der Waals surface area contributed by atoms with Crippen molar-refractivity contribution in [1.82, 2.24) is 4.90 Å². The number of nitrogens with zero attached hydrogens (tertiary/aromatic N) is 2. The van der Waals surface area contributed by atoms with Crippen LogP contribution in [0.2, 0.25) is 0 Å². The van der Waals surface area contributed by atoms with Gasteiger partial charge in [-0.15, -0.1) is 0 Å². The highest BCUT2D eigenvalue weighted by Gasteiger charge is 2.25. The summed E-state index contributed by atoms with van der Waals surface area (Å²) in [5, 5.41) is 17.9. The summed E-state index contributed by atoms with van der Waals surface area (Å²) in [4.78, 5) is 2.30. The molecule has 1 aliphatic heterocycles. The van der Waals surface area contributed by atoms with Crippen molar-refractivity contribution in [3.63, 3.8) is 0 Å². The molecule has 1 aromatic carbocycles. The van der Waals surface area contributed by atoms with Gasteiger partial charge in [0.1, 0.15) is 0 Å². The van der Waals surface area contributed by atoms with Crippen LogP contribution in [0.5, 0.6) is 0 Å². The van der Waals surface area contributed by atoms with Crippen LogP contribution in [0.4, 0.5) is 0 Å². The Morgan fingerprint density at radius 1 is 1.44 bits per heavy atom. The smallest absolute Gasteiger partial charge is 0.0991 e. The molecule has 2 rings (SSSR count). The number of hydrogen-bond acceptors (Lipinski definition) is 4. The van der Waals surface area contributed by atoms with Crippen molar-refractivity contribution in [2.75, 3.05) is 19.8 Å². The molecule has 0 amide bonds. The molecule has 1 aromatic rings. The van der Waals surface area contributed by atoms with Crippen molar-refractivity contribution in [3.8, 4) is 6.07 Å². The van der Waals surface area contributed by atoms with Gasteiger partial charge in [0.2, 0.25) is 0 Å². The van der Waals surface area contributed by atoms with Gasteiger partial charge in [-0.2, -0.15) is 5.26 Å². The zero-order valence-corrected chi connectivity index (χ0v) is 10.5. The molecule has 1 heterocycles. The van der Waals surface area contributed by atoms with E-state index in [2.05, 4.69) is 17.9 Å². The minimum atomic E-state index is -0.0837. The lowest BCUT2D eigenvalue weighted by atomic mass is 10.1. The molecule has 18 heavy (non-hydrogen) atoms. The maximum absolute atomic E-state index is 9.14. The van der Waals surface area contributed by atoms with E-state index in [1.165, 1.54) is 5.56 Å². The van der Waals surface area contributed by atoms with Crippen molar-refractivity contribution in [2.24, 2.45) is 0 Å². The van der Waals surface area contributed by atoms with E-state index in [1.54, 1.807) is 0 Å². The second kappa shape index (κ2) is 5.96. The van der Waals surface area contributed by atoms with Gasteiger partial charge in [-0.05, 0) is 24.6 Å². The fourth-order valence-electron chi connectivity index (χ4n) is 2.12. The van der Waals surface area contributed by atoms with Crippen LogP contribution < -0.4 is 0 Å². The van der Waals surface area contributed by atoms with Crippen LogP contribution in [0.25, 0.3) is 0 Å². The molecule has 0 bridgehead atoms. The summed E-state index contributed by atoms with van der Waals surface area (Å²) in [6, 6.07) is 10.1. The van der Waals surface area contributed by atoms with E-state index in [-0.39, 0.29) is 12.7 Å². The van der Waals surface area contributed by atoms with E-state index >= 15 is 0 Å². The Kier molecular flexibility index (Phi) is 4.32. The molecule has 4 nitrogen and oxygen atoms in total. The number of morpholine rings is 1. The first-order valence-electron chi connectivity index (χ1n) is 6.18. The Bertz CT molecular complexity index is 424. The number of aliphatic hydroxyl groups excluding tert-OH is 1. The fourth-order valence-corrected chi connectivity index (χ4v) is 2.12. The fraction of sp³-hybridized carbons (Fsp3) is 0.500. The molecule has 0 aromatic heterocycles. The molecule has 2 unspecified atom stereocenters. The van der Waals surface area contributed by atoms with Crippen molar-refractivity contribution in [3.05, 3.63) is 35.4 Å².